The largest absolute Gasteiger partial charge is 0.375 e. The molecule has 1 atom stereocenters. The fraction of sp³-hybridized carbons (Fsp3) is 0.692. The average molecular weight is 297 g/mol. The number of thiophene rings is 1. The zero-order valence-corrected chi connectivity index (χ0v) is 12.5. The minimum absolute atomic E-state index is 0.117. The third-order valence-electron chi connectivity index (χ3n) is 2.43. The molecule has 0 aliphatic heterocycles. The fourth-order valence-electron chi connectivity index (χ4n) is 1.43. The van der Waals surface area contributed by atoms with Crippen molar-refractivity contribution in [2.45, 2.75) is 44.4 Å². The van der Waals surface area contributed by atoms with Crippen LogP contribution >= 0.6 is 22.9 Å². The van der Waals surface area contributed by atoms with Crippen LogP contribution in [0, 0.1) is 0 Å². The Morgan fingerprint density at radius 1 is 1.33 bits per heavy atom. The summed E-state index contributed by atoms with van der Waals surface area (Å²) in [4.78, 5) is 2.35. The van der Waals surface area contributed by atoms with Crippen molar-refractivity contribution in [1.29, 1.82) is 0 Å². The molecule has 0 aromatic carbocycles. The third kappa shape index (κ3) is 5.21. The molecular weight excluding hydrogens is 278 g/mol. The number of hydrogen-bond donors (Lipinski definition) is 0. The third-order valence-corrected chi connectivity index (χ3v) is 4.64. The summed E-state index contributed by atoms with van der Waals surface area (Å²) in [6.07, 6.45) is -1.86. The van der Waals surface area contributed by atoms with Crippen molar-refractivity contribution < 1.29 is 13.5 Å². The van der Waals surface area contributed by atoms with Gasteiger partial charge >= 0.3 is 0 Å². The summed E-state index contributed by atoms with van der Waals surface area (Å²) in [5.74, 6) is 0. The van der Waals surface area contributed by atoms with Gasteiger partial charge < -0.3 is 4.74 Å². The van der Waals surface area contributed by atoms with Crippen molar-refractivity contribution in [1.82, 2.24) is 0 Å². The first-order valence-corrected chi connectivity index (χ1v) is 7.16. The number of hydrogen-bond acceptors (Lipinski definition) is 2. The highest BCUT2D eigenvalue weighted by molar-refractivity contribution is 7.12. The molecular formula is C13H19ClF2OS. The van der Waals surface area contributed by atoms with E-state index in [-0.39, 0.29) is 17.4 Å². The van der Waals surface area contributed by atoms with E-state index in [2.05, 4.69) is 26.8 Å². The maximum absolute atomic E-state index is 11.9. The maximum Gasteiger partial charge on any atom is 0.261 e. The van der Waals surface area contributed by atoms with Gasteiger partial charge in [0, 0.05) is 16.4 Å². The molecule has 1 heterocycles. The van der Waals surface area contributed by atoms with Gasteiger partial charge in [-0.15, -0.1) is 22.9 Å². The molecule has 1 unspecified atom stereocenters. The number of alkyl halides is 3. The van der Waals surface area contributed by atoms with Crippen LogP contribution in [0.3, 0.4) is 0 Å². The van der Waals surface area contributed by atoms with Crippen molar-refractivity contribution in [3.8, 4) is 0 Å². The van der Waals surface area contributed by atoms with Crippen molar-refractivity contribution in [3.63, 3.8) is 0 Å². The van der Waals surface area contributed by atoms with Gasteiger partial charge in [0.25, 0.3) is 6.43 Å². The Kier molecular flexibility index (Phi) is 6.02. The standard InChI is InChI=1S/C13H19ClF2OS/c1-13(2,3)11-5-4-10(18-11)9(14)6-7-17-8-12(15)16/h4-5,9,12H,6-8H2,1-3H3. The van der Waals surface area contributed by atoms with E-state index in [0.29, 0.717) is 6.42 Å². The van der Waals surface area contributed by atoms with Crippen LogP contribution in [-0.4, -0.2) is 19.6 Å². The Morgan fingerprint density at radius 3 is 2.50 bits per heavy atom. The molecule has 0 aliphatic carbocycles. The molecule has 0 bridgehead atoms. The van der Waals surface area contributed by atoms with Gasteiger partial charge in [-0.2, -0.15) is 0 Å². The molecule has 0 fully saturated rings. The number of ether oxygens (including phenoxy) is 1. The SMILES string of the molecule is CC(C)(C)c1ccc(C(Cl)CCOCC(F)F)s1. The van der Waals surface area contributed by atoms with Gasteiger partial charge in [0.15, 0.2) is 0 Å². The van der Waals surface area contributed by atoms with Crippen LogP contribution in [0.1, 0.15) is 42.3 Å². The first-order chi connectivity index (χ1) is 8.30. The van der Waals surface area contributed by atoms with Crippen molar-refractivity contribution >= 4 is 22.9 Å². The Labute approximate surface area is 116 Å². The van der Waals surface area contributed by atoms with E-state index in [0.717, 1.165) is 4.88 Å². The Balaban J connectivity index is 2.42. The van der Waals surface area contributed by atoms with Crippen LogP contribution in [0.4, 0.5) is 8.78 Å². The van der Waals surface area contributed by atoms with E-state index < -0.39 is 13.0 Å². The molecule has 1 aromatic heterocycles. The minimum Gasteiger partial charge on any atom is -0.375 e. The number of halogens is 3. The summed E-state index contributed by atoms with van der Waals surface area (Å²) in [7, 11) is 0. The highest BCUT2D eigenvalue weighted by Gasteiger charge is 2.18. The summed E-state index contributed by atoms with van der Waals surface area (Å²) in [6, 6.07) is 4.09. The van der Waals surface area contributed by atoms with Gasteiger partial charge in [0.2, 0.25) is 0 Å². The topological polar surface area (TPSA) is 9.23 Å². The van der Waals surface area contributed by atoms with Crippen LogP contribution < -0.4 is 0 Å². The molecule has 0 N–H and O–H groups in total. The van der Waals surface area contributed by atoms with Gasteiger partial charge in [-0.1, -0.05) is 20.8 Å². The highest BCUT2D eigenvalue weighted by Crippen LogP contribution is 2.35. The molecule has 1 aromatic rings. The lowest BCUT2D eigenvalue weighted by molar-refractivity contribution is 0.0166. The first kappa shape index (κ1) is 15.9. The van der Waals surface area contributed by atoms with E-state index >= 15 is 0 Å². The summed E-state index contributed by atoms with van der Waals surface area (Å²) in [5.41, 5.74) is 0.117. The zero-order valence-electron chi connectivity index (χ0n) is 10.9. The molecule has 5 heteroatoms. The second-order valence-corrected chi connectivity index (χ2v) is 6.82. The maximum atomic E-state index is 11.9. The quantitative estimate of drug-likeness (QED) is 0.530. The Bertz CT molecular complexity index is 360. The molecule has 0 saturated heterocycles. The predicted octanol–water partition coefficient (Wildman–Crippen LogP) is 5.00. The molecule has 0 radical (unpaired) electrons. The zero-order chi connectivity index (χ0) is 13.8. The van der Waals surface area contributed by atoms with E-state index in [1.807, 2.05) is 6.07 Å². The van der Waals surface area contributed by atoms with Gasteiger partial charge in [0.1, 0.15) is 6.61 Å². The monoisotopic (exact) mass is 296 g/mol. The molecule has 1 rings (SSSR count). The number of rotatable bonds is 6. The molecule has 1 nitrogen and oxygen atoms in total. The summed E-state index contributed by atoms with van der Waals surface area (Å²) >= 11 is 7.90. The van der Waals surface area contributed by atoms with E-state index in [9.17, 15) is 8.78 Å². The second-order valence-electron chi connectivity index (χ2n) is 5.17. The summed E-state index contributed by atoms with van der Waals surface area (Å²) in [5, 5.41) is -0.163. The predicted molar refractivity (Wildman–Crippen MR) is 73.1 cm³/mol. The van der Waals surface area contributed by atoms with E-state index in [1.165, 1.54) is 4.88 Å². The lowest BCUT2D eigenvalue weighted by Crippen LogP contribution is -2.08. The molecule has 0 amide bonds. The lowest BCUT2D eigenvalue weighted by atomic mass is 9.95. The van der Waals surface area contributed by atoms with Crippen LogP contribution in [0.15, 0.2) is 12.1 Å². The first-order valence-electron chi connectivity index (χ1n) is 5.91. The van der Waals surface area contributed by atoms with Crippen LogP contribution in [0.2, 0.25) is 0 Å². The van der Waals surface area contributed by atoms with E-state index in [4.69, 9.17) is 16.3 Å². The molecule has 0 saturated carbocycles. The lowest BCUT2D eigenvalue weighted by Gasteiger charge is -2.15. The summed E-state index contributed by atoms with van der Waals surface area (Å²) < 4.78 is 28.6. The minimum atomic E-state index is -2.41. The highest BCUT2D eigenvalue weighted by atomic mass is 35.5. The van der Waals surface area contributed by atoms with Crippen molar-refractivity contribution in [2.24, 2.45) is 0 Å². The summed E-state index contributed by atoms with van der Waals surface area (Å²) in [6.45, 7) is 6.20. The Hall–Kier alpha value is -0.190. The van der Waals surface area contributed by atoms with Gasteiger partial charge in [-0.05, 0) is 24.0 Å². The molecule has 18 heavy (non-hydrogen) atoms. The van der Waals surface area contributed by atoms with Crippen molar-refractivity contribution in [3.05, 3.63) is 21.9 Å². The molecule has 104 valence electrons. The fourth-order valence-corrected chi connectivity index (χ4v) is 2.80. The van der Waals surface area contributed by atoms with Crippen LogP contribution in [-0.2, 0) is 10.2 Å². The van der Waals surface area contributed by atoms with E-state index in [1.54, 1.807) is 11.3 Å². The molecule has 0 aliphatic rings. The van der Waals surface area contributed by atoms with Gasteiger partial charge in [0.05, 0.1) is 5.38 Å². The Morgan fingerprint density at radius 2 is 2.00 bits per heavy atom. The normalized spacial score (nSPS) is 14.2. The van der Waals surface area contributed by atoms with Gasteiger partial charge in [-0.3, -0.25) is 0 Å². The van der Waals surface area contributed by atoms with Crippen LogP contribution in [0.5, 0.6) is 0 Å². The smallest absolute Gasteiger partial charge is 0.261 e. The van der Waals surface area contributed by atoms with Crippen LogP contribution in [0.25, 0.3) is 0 Å². The molecule has 0 spiro atoms. The van der Waals surface area contributed by atoms with Gasteiger partial charge in [-0.25, -0.2) is 8.78 Å². The second kappa shape index (κ2) is 6.83. The average Bonchev–Trinajstić information content (AvgIpc) is 2.72. The van der Waals surface area contributed by atoms with Crippen molar-refractivity contribution in [2.75, 3.05) is 13.2 Å².